The monoisotopic (exact) mass is 389 g/mol. The maximum atomic E-state index is 12.8. The summed E-state index contributed by atoms with van der Waals surface area (Å²) in [5.41, 5.74) is 7.60. The molecule has 2 heterocycles. The summed E-state index contributed by atoms with van der Waals surface area (Å²) in [6.45, 7) is 0.929. The number of carbonyl (C=O) groups is 1. The van der Waals surface area contributed by atoms with E-state index in [4.69, 9.17) is 0 Å². The van der Waals surface area contributed by atoms with E-state index in [0.717, 1.165) is 17.3 Å². The first-order valence-electron chi connectivity index (χ1n) is 8.81. The highest BCUT2D eigenvalue weighted by molar-refractivity contribution is 6.00. The first-order valence-corrected chi connectivity index (χ1v) is 8.81. The Balaban J connectivity index is 1.37. The molecule has 4 rings (SSSR count). The van der Waals surface area contributed by atoms with E-state index in [-0.39, 0.29) is 12.1 Å². The number of alkyl halides is 3. The number of benzene rings is 2. The topological polar surface area (TPSA) is 77.5 Å². The first kappa shape index (κ1) is 18.5. The number of nitrogens with one attached hydrogen (secondary N) is 4. The number of hydrazine groups is 1. The molecule has 1 atom stereocenters. The molecule has 0 fully saturated rings. The zero-order valence-electron chi connectivity index (χ0n) is 14.7. The molecule has 28 heavy (non-hydrogen) atoms. The van der Waals surface area contributed by atoms with Crippen molar-refractivity contribution in [1.82, 2.24) is 21.5 Å². The van der Waals surface area contributed by atoms with Crippen molar-refractivity contribution in [2.45, 2.75) is 18.8 Å². The number of hydrogen-bond donors (Lipinski definition) is 4. The second kappa shape index (κ2) is 7.25. The van der Waals surface area contributed by atoms with E-state index in [1.807, 2.05) is 6.07 Å². The van der Waals surface area contributed by atoms with Crippen LogP contribution < -0.4 is 21.5 Å². The quantitative estimate of drug-likeness (QED) is 0.593. The predicted molar refractivity (Wildman–Crippen MR) is 98.0 cm³/mol. The van der Waals surface area contributed by atoms with Gasteiger partial charge in [0.1, 0.15) is 12.0 Å². The highest BCUT2D eigenvalue weighted by atomic mass is 19.4. The first-order chi connectivity index (χ1) is 13.4. The summed E-state index contributed by atoms with van der Waals surface area (Å²) < 4.78 is 38.3. The van der Waals surface area contributed by atoms with Crippen molar-refractivity contribution in [3.63, 3.8) is 0 Å². The third kappa shape index (κ3) is 3.71. The van der Waals surface area contributed by atoms with Gasteiger partial charge in [-0.3, -0.25) is 10.2 Å². The van der Waals surface area contributed by atoms with E-state index in [2.05, 4.69) is 26.5 Å². The molecule has 9 heteroatoms. The number of halogens is 3. The fraction of sp³-hybridized carbons (Fsp3) is 0.263. The van der Waals surface area contributed by atoms with Gasteiger partial charge in [0.15, 0.2) is 0 Å². The Bertz CT molecular complexity index is 941. The minimum atomic E-state index is -4.33. The smallest absolute Gasteiger partial charge is 0.352 e. The van der Waals surface area contributed by atoms with Crippen LogP contribution in [0.2, 0.25) is 0 Å². The van der Waals surface area contributed by atoms with Crippen molar-refractivity contribution in [3.8, 4) is 0 Å². The average Bonchev–Trinajstić information content (AvgIpc) is 2.68. The van der Waals surface area contributed by atoms with Gasteiger partial charge in [-0.15, -0.1) is 0 Å². The van der Waals surface area contributed by atoms with Gasteiger partial charge < -0.3 is 10.6 Å². The SMILES string of the molecule is O=C1NNC2NC(CNCCc3cccc(C(F)(F)F)c3)=Nc3cccc1c32. The molecule has 0 aromatic heterocycles. The van der Waals surface area contributed by atoms with Crippen molar-refractivity contribution in [3.05, 3.63) is 64.7 Å². The van der Waals surface area contributed by atoms with Crippen LogP contribution in [0.15, 0.2) is 47.5 Å². The average molecular weight is 389 g/mol. The van der Waals surface area contributed by atoms with E-state index in [0.29, 0.717) is 36.5 Å². The molecule has 0 saturated heterocycles. The van der Waals surface area contributed by atoms with Crippen molar-refractivity contribution < 1.29 is 18.0 Å². The van der Waals surface area contributed by atoms with Crippen molar-refractivity contribution in [1.29, 1.82) is 0 Å². The van der Waals surface area contributed by atoms with Crippen molar-refractivity contribution in [2.75, 3.05) is 13.1 Å². The van der Waals surface area contributed by atoms with Crippen LogP contribution in [-0.2, 0) is 12.6 Å². The van der Waals surface area contributed by atoms with Gasteiger partial charge in [-0.1, -0.05) is 24.3 Å². The number of amidine groups is 1. The molecule has 2 aromatic carbocycles. The van der Waals surface area contributed by atoms with Gasteiger partial charge in [-0.05, 0) is 36.7 Å². The Labute approximate surface area is 159 Å². The van der Waals surface area contributed by atoms with E-state index < -0.39 is 11.7 Å². The van der Waals surface area contributed by atoms with Gasteiger partial charge in [-0.2, -0.15) is 13.2 Å². The van der Waals surface area contributed by atoms with E-state index in [9.17, 15) is 18.0 Å². The molecule has 6 nitrogen and oxygen atoms in total. The van der Waals surface area contributed by atoms with Crippen LogP contribution in [-0.4, -0.2) is 24.8 Å². The van der Waals surface area contributed by atoms with Gasteiger partial charge in [0.25, 0.3) is 5.91 Å². The Morgan fingerprint density at radius 1 is 1.14 bits per heavy atom. The molecule has 0 spiro atoms. The molecule has 0 bridgehead atoms. The van der Waals surface area contributed by atoms with Crippen LogP contribution in [0.25, 0.3) is 0 Å². The largest absolute Gasteiger partial charge is 0.416 e. The lowest BCUT2D eigenvalue weighted by atomic mass is 9.99. The third-order valence-corrected chi connectivity index (χ3v) is 4.65. The van der Waals surface area contributed by atoms with Crippen molar-refractivity contribution in [2.24, 2.45) is 4.99 Å². The van der Waals surface area contributed by atoms with Gasteiger partial charge in [-0.25, -0.2) is 10.4 Å². The lowest BCUT2D eigenvalue weighted by molar-refractivity contribution is -0.137. The standard InChI is InChI=1S/C19H18F3N5O/c20-19(21,22)12-4-1-3-11(9-12)7-8-23-10-15-24-14-6-2-5-13-16(14)17(25-15)26-27-18(13)28/h1-6,9,17,23,26H,7-8,10H2,(H,24,25)(H,27,28). The molecule has 0 aliphatic carbocycles. The minimum absolute atomic E-state index is 0.201. The number of rotatable bonds is 5. The number of aliphatic imine (C=N–C) groups is 1. The number of hydrogen-bond acceptors (Lipinski definition) is 5. The molecule has 4 N–H and O–H groups in total. The maximum Gasteiger partial charge on any atom is 0.416 e. The highest BCUT2D eigenvalue weighted by Crippen LogP contribution is 2.32. The van der Waals surface area contributed by atoms with Crippen LogP contribution in [0.4, 0.5) is 18.9 Å². The van der Waals surface area contributed by atoms with Crippen LogP contribution in [0.1, 0.15) is 33.2 Å². The Kier molecular flexibility index (Phi) is 4.78. The lowest BCUT2D eigenvalue weighted by Gasteiger charge is -2.32. The molecule has 1 unspecified atom stereocenters. The summed E-state index contributed by atoms with van der Waals surface area (Å²) in [6.07, 6.45) is -4.14. The summed E-state index contributed by atoms with van der Waals surface area (Å²) in [4.78, 5) is 16.4. The Hall–Kier alpha value is -2.91. The fourth-order valence-corrected chi connectivity index (χ4v) is 3.31. The summed E-state index contributed by atoms with van der Waals surface area (Å²) >= 11 is 0. The molecular weight excluding hydrogens is 371 g/mol. The van der Waals surface area contributed by atoms with E-state index in [1.54, 1.807) is 18.2 Å². The Morgan fingerprint density at radius 3 is 2.79 bits per heavy atom. The van der Waals surface area contributed by atoms with Crippen LogP contribution in [0.3, 0.4) is 0 Å². The highest BCUT2D eigenvalue weighted by Gasteiger charge is 2.31. The summed E-state index contributed by atoms with van der Waals surface area (Å²) in [5.74, 6) is 0.482. The maximum absolute atomic E-state index is 12.8. The molecule has 1 amide bonds. The van der Waals surface area contributed by atoms with E-state index >= 15 is 0 Å². The molecule has 0 radical (unpaired) electrons. The molecule has 2 aliphatic rings. The summed E-state index contributed by atoms with van der Waals surface area (Å²) in [7, 11) is 0. The second-order valence-corrected chi connectivity index (χ2v) is 6.60. The Morgan fingerprint density at radius 2 is 1.96 bits per heavy atom. The van der Waals surface area contributed by atoms with E-state index in [1.165, 1.54) is 12.1 Å². The molecule has 2 aromatic rings. The summed E-state index contributed by atoms with van der Waals surface area (Å²) in [5, 5.41) is 6.40. The fourth-order valence-electron chi connectivity index (χ4n) is 3.31. The predicted octanol–water partition coefficient (Wildman–Crippen LogP) is 2.42. The number of nitrogens with zero attached hydrogens (tertiary/aromatic N) is 1. The van der Waals surface area contributed by atoms with Gasteiger partial charge in [0.05, 0.1) is 17.8 Å². The van der Waals surface area contributed by atoms with Gasteiger partial charge in [0.2, 0.25) is 0 Å². The van der Waals surface area contributed by atoms with Crippen LogP contribution in [0.5, 0.6) is 0 Å². The molecule has 146 valence electrons. The molecule has 0 saturated carbocycles. The number of carbonyl (C=O) groups excluding carboxylic acids is 1. The van der Waals surface area contributed by atoms with Crippen molar-refractivity contribution >= 4 is 17.4 Å². The van der Waals surface area contributed by atoms with Crippen LogP contribution >= 0.6 is 0 Å². The number of amides is 1. The minimum Gasteiger partial charge on any atom is -0.352 e. The van der Waals surface area contributed by atoms with Crippen LogP contribution in [0, 0.1) is 0 Å². The molecule has 2 aliphatic heterocycles. The molecular formula is C19H18F3N5O. The van der Waals surface area contributed by atoms with Gasteiger partial charge in [0, 0.05) is 11.1 Å². The zero-order valence-corrected chi connectivity index (χ0v) is 14.7. The normalized spacial score (nSPS) is 18.0. The zero-order chi connectivity index (χ0) is 19.7. The summed E-state index contributed by atoms with van der Waals surface area (Å²) in [6, 6.07) is 10.7. The second-order valence-electron chi connectivity index (χ2n) is 6.60. The van der Waals surface area contributed by atoms with Gasteiger partial charge >= 0.3 is 6.18 Å². The third-order valence-electron chi connectivity index (χ3n) is 4.65. The lowest BCUT2D eigenvalue weighted by Crippen LogP contribution is -2.54.